The molecule has 170 valence electrons. The van der Waals surface area contributed by atoms with E-state index in [4.69, 9.17) is 0 Å². The summed E-state index contributed by atoms with van der Waals surface area (Å²) in [7, 11) is 0. The molecule has 0 spiro atoms. The topological polar surface area (TPSA) is 95.0 Å². The average Bonchev–Trinajstić information content (AvgIpc) is 3.08. The zero-order valence-corrected chi connectivity index (χ0v) is 18.3. The number of carbonyl (C=O) groups is 4. The first-order valence-electron chi connectivity index (χ1n) is 11.5. The van der Waals surface area contributed by atoms with Crippen LogP contribution in [0, 0.1) is 11.8 Å². The number of hydrogen-bond acceptors (Lipinski definition) is 4. The van der Waals surface area contributed by atoms with Gasteiger partial charge < -0.3 is 10.0 Å². The molecule has 1 aliphatic carbocycles. The Hall–Kier alpha value is -3.48. The van der Waals surface area contributed by atoms with Crippen LogP contribution in [-0.2, 0) is 16.0 Å². The van der Waals surface area contributed by atoms with Crippen molar-refractivity contribution in [1.82, 2.24) is 9.80 Å². The second kappa shape index (κ2) is 8.46. The maximum Gasteiger partial charge on any atom is 0.307 e. The van der Waals surface area contributed by atoms with Crippen LogP contribution >= 0.6 is 0 Å². The fourth-order valence-corrected chi connectivity index (χ4v) is 5.63. The Bertz CT molecular complexity index is 1110. The molecule has 0 bridgehead atoms. The van der Waals surface area contributed by atoms with E-state index in [0.29, 0.717) is 36.9 Å². The lowest BCUT2D eigenvalue weighted by Gasteiger charge is -2.42. The monoisotopic (exact) mass is 446 g/mol. The molecule has 1 fully saturated rings. The van der Waals surface area contributed by atoms with Crippen molar-refractivity contribution in [3.05, 3.63) is 70.8 Å². The van der Waals surface area contributed by atoms with Gasteiger partial charge >= 0.3 is 5.97 Å². The van der Waals surface area contributed by atoms with Gasteiger partial charge in [0.1, 0.15) is 0 Å². The molecule has 1 N–H and O–H groups in total. The van der Waals surface area contributed by atoms with E-state index in [-0.39, 0.29) is 24.3 Å². The number of benzene rings is 2. The molecule has 0 aromatic heterocycles. The molecule has 0 saturated heterocycles. The Balaban J connectivity index is 1.48. The second-order valence-electron chi connectivity index (χ2n) is 9.10. The zero-order valence-electron chi connectivity index (χ0n) is 18.3. The van der Waals surface area contributed by atoms with E-state index in [1.807, 2.05) is 24.3 Å². The van der Waals surface area contributed by atoms with Gasteiger partial charge in [0.25, 0.3) is 11.8 Å². The number of carbonyl (C=O) groups excluding carboxylic acids is 3. The van der Waals surface area contributed by atoms with Crippen molar-refractivity contribution in [2.24, 2.45) is 11.8 Å². The molecule has 5 rings (SSSR count). The van der Waals surface area contributed by atoms with Crippen LogP contribution in [0.3, 0.4) is 0 Å². The Morgan fingerprint density at radius 3 is 2.15 bits per heavy atom. The number of nitrogens with zero attached hydrogens (tertiary/aromatic N) is 2. The van der Waals surface area contributed by atoms with Crippen LogP contribution in [0.5, 0.6) is 0 Å². The van der Waals surface area contributed by atoms with Gasteiger partial charge in [-0.1, -0.05) is 49.2 Å². The molecule has 0 radical (unpaired) electrons. The average molecular weight is 447 g/mol. The van der Waals surface area contributed by atoms with E-state index in [9.17, 15) is 24.3 Å². The maximum absolute atomic E-state index is 13.7. The molecule has 7 nitrogen and oxygen atoms in total. The first kappa shape index (κ1) is 21.4. The van der Waals surface area contributed by atoms with E-state index < -0.39 is 23.8 Å². The highest BCUT2D eigenvalue weighted by molar-refractivity contribution is 6.21. The van der Waals surface area contributed by atoms with E-state index >= 15 is 0 Å². The molecule has 2 aliphatic heterocycles. The second-order valence-corrected chi connectivity index (χ2v) is 9.10. The third-order valence-corrected chi connectivity index (χ3v) is 7.33. The van der Waals surface area contributed by atoms with Crippen molar-refractivity contribution >= 4 is 23.7 Å². The van der Waals surface area contributed by atoms with Gasteiger partial charge in [-0.3, -0.25) is 24.1 Å². The predicted molar refractivity (Wildman–Crippen MR) is 119 cm³/mol. The van der Waals surface area contributed by atoms with Crippen LogP contribution < -0.4 is 0 Å². The third kappa shape index (κ3) is 3.61. The molecule has 33 heavy (non-hydrogen) atoms. The van der Waals surface area contributed by atoms with Gasteiger partial charge in [-0.05, 0) is 42.5 Å². The third-order valence-electron chi connectivity index (χ3n) is 7.33. The van der Waals surface area contributed by atoms with Gasteiger partial charge in [0.2, 0.25) is 5.91 Å². The molecular weight excluding hydrogens is 420 g/mol. The molecule has 3 aliphatic rings. The highest BCUT2D eigenvalue weighted by Gasteiger charge is 2.44. The highest BCUT2D eigenvalue weighted by Crippen LogP contribution is 2.38. The van der Waals surface area contributed by atoms with Gasteiger partial charge in [0.05, 0.1) is 35.5 Å². The number of fused-ring (bicyclic) bond motifs is 2. The van der Waals surface area contributed by atoms with Crippen LogP contribution in [0.4, 0.5) is 0 Å². The van der Waals surface area contributed by atoms with E-state index in [0.717, 1.165) is 24.0 Å². The Morgan fingerprint density at radius 1 is 0.879 bits per heavy atom. The predicted octanol–water partition coefficient (Wildman–Crippen LogP) is 3.30. The summed E-state index contributed by atoms with van der Waals surface area (Å²) in [6, 6.07) is 14.0. The van der Waals surface area contributed by atoms with Crippen LogP contribution in [0.15, 0.2) is 48.5 Å². The van der Waals surface area contributed by atoms with Gasteiger partial charge in [0.15, 0.2) is 0 Å². The number of carboxylic acid groups (broad SMARTS) is 1. The van der Waals surface area contributed by atoms with Crippen molar-refractivity contribution in [1.29, 1.82) is 0 Å². The first-order chi connectivity index (χ1) is 16.0. The number of amides is 3. The maximum atomic E-state index is 13.7. The lowest BCUT2D eigenvalue weighted by atomic mass is 9.77. The van der Waals surface area contributed by atoms with Crippen LogP contribution in [-0.4, -0.2) is 51.7 Å². The minimum absolute atomic E-state index is 0.0551. The van der Waals surface area contributed by atoms with Crippen molar-refractivity contribution in [2.75, 3.05) is 13.1 Å². The zero-order chi connectivity index (χ0) is 23.1. The van der Waals surface area contributed by atoms with E-state index in [1.165, 1.54) is 4.90 Å². The molecular formula is C26H26N2O5. The summed E-state index contributed by atoms with van der Waals surface area (Å²) in [5, 5.41) is 9.71. The van der Waals surface area contributed by atoms with Crippen LogP contribution in [0.25, 0.3) is 0 Å². The fourth-order valence-electron chi connectivity index (χ4n) is 5.63. The van der Waals surface area contributed by atoms with Crippen molar-refractivity contribution < 1.29 is 24.3 Å². The van der Waals surface area contributed by atoms with Gasteiger partial charge in [-0.2, -0.15) is 0 Å². The number of carboxylic acids is 1. The molecule has 2 aromatic rings. The van der Waals surface area contributed by atoms with E-state index in [2.05, 4.69) is 0 Å². The van der Waals surface area contributed by atoms with Gasteiger partial charge in [0, 0.05) is 6.54 Å². The Kier molecular flexibility index (Phi) is 5.48. The standard InChI is InChI=1S/C26H26N2O5/c29-23(20-11-5-6-12-21(20)26(32)33)27-14-13-16-7-1-2-8-17(16)22(27)15-28-24(30)18-9-3-4-10-19(18)25(28)31/h1-4,7-10,20-22H,5-6,11-15H2,(H,32,33)/t20?,21-,22+/m1/s1. The largest absolute Gasteiger partial charge is 0.481 e. The fraction of sp³-hybridized carbons (Fsp3) is 0.385. The molecule has 2 heterocycles. The summed E-state index contributed by atoms with van der Waals surface area (Å²) in [4.78, 5) is 54.6. The van der Waals surface area contributed by atoms with Crippen molar-refractivity contribution in [3.63, 3.8) is 0 Å². The SMILES string of the molecule is O=C(O)[C@@H]1CCCCC1C(=O)N1CCc2ccccc2[C@@H]1CN1C(=O)c2ccccc2C1=O. The normalized spacial score (nSPS) is 24.4. The van der Waals surface area contributed by atoms with Gasteiger partial charge in [-0.25, -0.2) is 0 Å². The lowest BCUT2D eigenvalue weighted by Crippen LogP contribution is -2.50. The number of rotatable bonds is 4. The smallest absolute Gasteiger partial charge is 0.307 e. The molecule has 3 amide bonds. The van der Waals surface area contributed by atoms with Crippen molar-refractivity contribution in [3.8, 4) is 0 Å². The minimum Gasteiger partial charge on any atom is -0.481 e. The molecule has 7 heteroatoms. The first-order valence-corrected chi connectivity index (χ1v) is 11.5. The highest BCUT2D eigenvalue weighted by atomic mass is 16.4. The Labute approximate surface area is 192 Å². The summed E-state index contributed by atoms with van der Waals surface area (Å²) in [5.41, 5.74) is 2.75. The van der Waals surface area contributed by atoms with Crippen LogP contribution in [0.2, 0.25) is 0 Å². The lowest BCUT2D eigenvalue weighted by molar-refractivity contribution is -0.153. The van der Waals surface area contributed by atoms with E-state index in [1.54, 1.807) is 29.2 Å². The number of hydrogen-bond donors (Lipinski definition) is 1. The summed E-state index contributed by atoms with van der Waals surface area (Å²) < 4.78 is 0. The molecule has 3 atom stereocenters. The van der Waals surface area contributed by atoms with Crippen LogP contribution in [0.1, 0.15) is 63.6 Å². The minimum atomic E-state index is -0.928. The molecule has 1 saturated carbocycles. The van der Waals surface area contributed by atoms with Crippen molar-refractivity contribution in [2.45, 2.75) is 38.1 Å². The number of imide groups is 1. The summed E-state index contributed by atoms with van der Waals surface area (Å²) in [5.74, 6) is -3.09. The quantitative estimate of drug-likeness (QED) is 0.727. The Morgan fingerprint density at radius 2 is 1.48 bits per heavy atom. The van der Waals surface area contributed by atoms with Gasteiger partial charge in [-0.15, -0.1) is 0 Å². The summed E-state index contributed by atoms with van der Waals surface area (Å²) in [6.07, 6.45) is 3.34. The summed E-state index contributed by atoms with van der Waals surface area (Å²) >= 11 is 0. The molecule has 2 aromatic carbocycles. The summed E-state index contributed by atoms with van der Waals surface area (Å²) in [6.45, 7) is 0.492. The molecule has 1 unspecified atom stereocenters. The number of aliphatic carboxylic acids is 1.